The van der Waals surface area contributed by atoms with E-state index in [1.807, 2.05) is 0 Å². The average Bonchev–Trinajstić information content (AvgIpc) is 1.61. The van der Waals surface area contributed by atoms with Gasteiger partial charge in [-0.15, -0.1) is 12.6 Å². The predicted molar refractivity (Wildman–Crippen MR) is 28.1 cm³/mol. The summed E-state index contributed by atoms with van der Waals surface area (Å²) in [5, 5.41) is 7.39. The molecule has 0 heterocycles. The molecular formula is C3H5NO2S. The summed E-state index contributed by atoms with van der Waals surface area (Å²) < 4.78 is 0. The fourth-order valence-corrected chi connectivity index (χ4v) is 0.183. The van der Waals surface area contributed by atoms with Gasteiger partial charge < -0.3 is 0 Å². The van der Waals surface area contributed by atoms with Crippen molar-refractivity contribution in [3.8, 4) is 0 Å². The molecule has 0 unspecified atom stereocenters. The molecule has 0 fully saturated rings. The normalized spacial score (nSPS) is 9.43. The maximum Gasteiger partial charge on any atom is 0.210 e. The molecule has 40 valence electrons. The molecule has 0 aromatic rings. The van der Waals surface area contributed by atoms with Crippen LogP contribution in [0, 0.1) is 0 Å². The number of carbonyl (C=O) groups excluding carboxylic acids is 1. The number of hydroxylamine groups is 1. The zero-order chi connectivity index (χ0) is 5.70. The van der Waals surface area contributed by atoms with E-state index in [1.165, 1.54) is 0 Å². The van der Waals surface area contributed by atoms with Crippen molar-refractivity contribution >= 4 is 17.7 Å². The summed E-state index contributed by atoms with van der Waals surface area (Å²) in [5.74, 6) is 0. The lowest BCUT2D eigenvalue weighted by molar-refractivity contribution is -0.106. The minimum absolute atomic E-state index is 0.401. The smallest absolute Gasteiger partial charge is 0.210 e. The first kappa shape index (κ1) is 6.52. The molecule has 7 heavy (non-hydrogen) atoms. The van der Waals surface area contributed by atoms with E-state index >= 15 is 0 Å². The molecule has 2 N–H and O–H groups in total. The molecule has 0 aromatic carbocycles. The van der Waals surface area contributed by atoms with Crippen LogP contribution in [-0.4, -0.2) is 10.3 Å². The summed E-state index contributed by atoms with van der Waals surface area (Å²) in [5.41, 5.74) is 1.65. The molecule has 0 spiro atoms. The van der Waals surface area contributed by atoms with E-state index in [9.17, 15) is 4.79 Å². The summed E-state index contributed by atoms with van der Waals surface area (Å²) in [7, 11) is 0. The van der Waals surface area contributed by atoms with Crippen molar-refractivity contribution in [1.29, 1.82) is 0 Å². The molecule has 0 aliphatic heterocycles. The quantitative estimate of drug-likeness (QED) is 0.271. The Morgan fingerprint density at radius 3 is 2.57 bits per heavy atom. The molecule has 3 nitrogen and oxygen atoms in total. The standard InChI is InChI=1S/C3H5NO2S/c5-3(7)1-2-4-6/h1-2,4,6H,(H,5,7)/b2-1+. The van der Waals surface area contributed by atoms with Crippen LogP contribution in [0.25, 0.3) is 0 Å². The van der Waals surface area contributed by atoms with Gasteiger partial charge in [-0.05, 0) is 0 Å². The molecule has 0 saturated heterocycles. The minimum Gasteiger partial charge on any atom is -0.292 e. The average molecular weight is 119 g/mol. The molecule has 0 amide bonds. The summed E-state index contributed by atoms with van der Waals surface area (Å²) in [6, 6.07) is 0. The van der Waals surface area contributed by atoms with Gasteiger partial charge in [0, 0.05) is 12.3 Å². The fraction of sp³-hybridized carbons (Fsp3) is 0. The number of rotatable bonds is 2. The molecule has 0 rings (SSSR count). The van der Waals surface area contributed by atoms with E-state index in [4.69, 9.17) is 5.21 Å². The Labute approximate surface area is 46.4 Å². The third-order valence-corrected chi connectivity index (χ3v) is 0.450. The van der Waals surface area contributed by atoms with E-state index in [2.05, 4.69) is 12.6 Å². The van der Waals surface area contributed by atoms with Crippen molar-refractivity contribution in [1.82, 2.24) is 5.48 Å². The first-order valence-electron chi connectivity index (χ1n) is 1.56. The maximum atomic E-state index is 9.83. The highest BCUT2D eigenvalue weighted by atomic mass is 32.1. The molecule has 0 aliphatic carbocycles. The Hall–Kier alpha value is -0.480. The first-order chi connectivity index (χ1) is 3.27. The second kappa shape index (κ2) is 3.70. The van der Waals surface area contributed by atoms with E-state index in [-0.39, 0.29) is 0 Å². The van der Waals surface area contributed by atoms with Crippen LogP contribution in [0.3, 0.4) is 0 Å². The SMILES string of the molecule is O=C(S)/C=C/NO. The van der Waals surface area contributed by atoms with Crippen LogP contribution < -0.4 is 5.48 Å². The summed E-state index contributed by atoms with van der Waals surface area (Å²) in [6.07, 6.45) is 2.17. The maximum absolute atomic E-state index is 9.83. The lowest BCUT2D eigenvalue weighted by Gasteiger charge is -1.78. The van der Waals surface area contributed by atoms with Gasteiger partial charge in [-0.2, -0.15) is 0 Å². The third kappa shape index (κ3) is 5.52. The zero-order valence-electron chi connectivity index (χ0n) is 3.46. The summed E-state index contributed by atoms with van der Waals surface area (Å²) >= 11 is 3.36. The highest BCUT2D eigenvalue weighted by molar-refractivity contribution is 7.97. The Balaban J connectivity index is 3.26. The molecule has 0 atom stereocenters. The van der Waals surface area contributed by atoms with E-state index in [0.29, 0.717) is 0 Å². The van der Waals surface area contributed by atoms with E-state index in [1.54, 1.807) is 5.48 Å². The lowest BCUT2D eigenvalue weighted by Crippen LogP contribution is -1.93. The van der Waals surface area contributed by atoms with Crippen molar-refractivity contribution in [3.05, 3.63) is 12.3 Å². The van der Waals surface area contributed by atoms with Crippen LogP contribution in [0.1, 0.15) is 0 Å². The zero-order valence-corrected chi connectivity index (χ0v) is 4.35. The monoisotopic (exact) mass is 119 g/mol. The van der Waals surface area contributed by atoms with Gasteiger partial charge >= 0.3 is 0 Å². The second-order valence-electron chi connectivity index (χ2n) is 0.801. The third-order valence-electron chi connectivity index (χ3n) is 0.300. The van der Waals surface area contributed by atoms with E-state index < -0.39 is 5.12 Å². The van der Waals surface area contributed by atoms with Crippen molar-refractivity contribution in [2.45, 2.75) is 0 Å². The Morgan fingerprint density at radius 1 is 1.86 bits per heavy atom. The van der Waals surface area contributed by atoms with Crippen LogP contribution in [0.4, 0.5) is 0 Å². The van der Waals surface area contributed by atoms with Gasteiger partial charge in [-0.25, -0.2) is 0 Å². The van der Waals surface area contributed by atoms with Gasteiger partial charge in [-0.1, -0.05) is 0 Å². The predicted octanol–water partition coefficient (Wildman–Crippen LogP) is -0.0647. The molecule has 0 aromatic heterocycles. The van der Waals surface area contributed by atoms with Gasteiger partial charge in [0.25, 0.3) is 0 Å². The van der Waals surface area contributed by atoms with Crippen molar-refractivity contribution in [2.24, 2.45) is 0 Å². The fourth-order valence-electron chi connectivity index (χ4n) is 0.109. The second-order valence-corrected chi connectivity index (χ2v) is 1.24. The van der Waals surface area contributed by atoms with Gasteiger partial charge in [0.05, 0.1) is 0 Å². The summed E-state index contributed by atoms with van der Waals surface area (Å²) in [4.78, 5) is 9.83. The largest absolute Gasteiger partial charge is 0.292 e. The molecule has 0 radical (unpaired) electrons. The first-order valence-corrected chi connectivity index (χ1v) is 2.01. The number of thiol groups is 1. The number of hydrogen-bond donors (Lipinski definition) is 3. The highest BCUT2D eigenvalue weighted by Gasteiger charge is 1.77. The van der Waals surface area contributed by atoms with Gasteiger partial charge in [0.15, 0.2) is 0 Å². The minimum atomic E-state index is -0.401. The summed E-state index contributed by atoms with van der Waals surface area (Å²) in [6.45, 7) is 0. The molecule has 0 aliphatic rings. The highest BCUT2D eigenvalue weighted by Crippen LogP contribution is 1.76. The molecule has 0 bridgehead atoms. The molecule has 4 heteroatoms. The van der Waals surface area contributed by atoms with Crippen LogP contribution in [0.2, 0.25) is 0 Å². The number of hydrogen-bond acceptors (Lipinski definition) is 3. The number of carbonyl (C=O) groups is 1. The van der Waals surface area contributed by atoms with Gasteiger partial charge in [0.2, 0.25) is 5.12 Å². The Bertz CT molecular complexity index is 90.9. The van der Waals surface area contributed by atoms with Crippen LogP contribution >= 0.6 is 12.6 Å². The van der Waals surface area contributed by atoms with Crippen molar-refractivity contribution < 1.29 is 10.0 Å². The van der Waals surface area contributed by atoms with E-state index in [0.717, 1.165) is 12.3 Å². The van der Waals surface area contributed by atoms with Crippen LogP contribution in [0.15, 0.2) is 12.3 Å². The van der Waals surface area contributed by atoms with Crippen LogP contribution in [0.5, 0.6) is 0 Å². The van der Waals surface area contributed by atoms with Crippen LogP contribution in [-0.2, 0) is 4.79 Å². The van der Waals surface area contributed by atoms with Crippen molar-refractivity contribution in [3.63, 3.8) is 0 Å². The lowest BCUT2D eigenvalue weighted by atomic mass is 10.7. The Kier molecular flexibility index (Phi) is 3.45. The topological polar surface area (TPSA) is 49.3 Å². The van der Waals surface area contributed by atoms with Gasteiger partial charge in [0.1, 0.15) is 0 Å². The van der Waals surface area contributed by atoms with Gasteiger partial charge in [-0.3, -0.25) is 15.5 Å². The van der Waals surface area contributed by atoms with Crippen molar-refractivity contribution in [2.75, 3.05) is 0 Å². The number of nitrogens with one attached hydrogen (secondary N) is 1. The Morgan fingerprint density at radius 2 is 2.43 bits per heavy atom. The molecule has 0 saturated carbocycles. The molecular weight excluding hydrogens is 114 g/mol.